The Labute approximate surface area is 175 Å². The van der Waals surface area contributed by atoms with E-state index in [9.17, 15) is 29.4 Å². The van der Waals surface area contributed by atoms with Gasteiger partial charge in [-0.3, -0.25) is 19.2 Å². The minimum Gasteiger partial charge on any atom is -0.481 e. The maximum atomic E-state index is 12.7. The zero-order chi connectivity index (χ0) is 22.6. The Morgan fingerprint density at radius 2 is 1.03 bits per heavy atom. The number of hydrogen-bond acceptors (Lipinski definition) is 8. The fraction of sp³-hybridized carbons (Fsp3) is 0.700. The lowest BCUT2D eigenvalue weighted by Gasteiger charge is -2.48. The summed E-state index contributed by atoms with van der Waals surface area (Å²) in [7, 11) is 7.19. The molecule has 0 radical (unpaired) electrons. The molecule has 2 N–H and O–H groups in total. The number of carbonyl (C=O) groups is 4. The number of nitrogens with zero attached hydrogens (tertiary/aromatic N) is 2. The summed E-state index contributed by atoms with van der Waals surface area (Å²) in [4.78, 5) is 53.1. The van der Waals surface area contributed by atoms with E-state index in [1.165, 1.54) is 12.2 Å². The van der Waals surface area contributed by atoms with Gasteiger partial charge in [-0.05, 0) is 28.2 Å². The lowest BCUT2D eigenvalue weighted by Crippen LogP contribution is -2.58. The fourth-order valence-corrected chi connectivity index (χ4v) is 4.23. The number of allylic oxidation sites excluding steroid dienone is 2. The molecule has 30 heavy (non-hydrogen) atoms. The van der Waals surface area contributed by atoms with Crippen LogP contribution in [0.2, 0.25) is 0 Å². The van der Waals surface area contributed by atoms with Crippen molar-refractivity contribution in [3.05, 3.63) is 12.2 Å². The Hall–Kier alpha value is -2.46. The first-order chi connectivity index (χ1) is 14.1. The number of carboxylic acid groups (broad SMARTS) is 2. The van der Waals surface area contributed by atoms with Crippen molar-refractivity contribution >= 4 is 23.9 Å². The third-order valence-corrected chi connectivity index (χ3v) is 5.67. The van der Waals surface area contributed by atoms with Crippen molar-refractivity contribution < 1.29 is 38.9 Å². The van der Waals surface area contributed by atoms with E-state index in [1.807, 2.05) is 0 Å². The van der Waals surface area contributed by atoms with Crippen LogP contribution in [0.25, 0.3) is 0 Å². The average Bonchev–Trinajstić information content (AvgIpc) is 2.65. The smallest absolute Gasteiger partial charge is 0.310 e. The topological polar surface area (TPSA) is 134 Å². The van der Waals surface area contributed by atoms with E-state index < -0.39 is 59.4 Å². The van der Waals surface area contributed by atoms with Crippen LogP contribution in [0.3, 0.4) is 0 Å². The maximum Gasteiger partial charge on any atom is 0.310 e. The third-order valence-electron chi connectivity index (χ3n) is 5.67. The molecule has 10 heteroatoms. The summed E-state index contributed by atoms with van der Waals surface area (Å²) >= 11 is 0. The molecule has 168 valence electrons. The van der Waals surface area contributed by atoms with Crippen LogP contribution in [0.15, 0.2) is 12.2 Å². The average molecular weight is 426 g/mol. The van der Waals surface area contributed by atoms with E-state index in [-0.39, 0.29) is 13.2 Å². The first-order valence-corrected chi connectivity index (χ1v) is 9.83. The molecule has 0 unspecified atom stereocenters. The number of carboxylic acids is 2. The Balaban J connectivity index is 2.28. The summed E-state index contributed by atoms with van der Waals surface area (Å²) in [5, 5.41) is 19.6. The molecule has 10 nitrogen and oxygen atoms in total. The van der Waals surface area contributed by atoms with Gasteiger partial charge in [0.25, 0.3) is 0 Å². The van der Waals surface area contributed by atoms with E-state index in [2.05, 4.69) is 0 Å². The van der Waals surface area contributed by atoms with Crippen molar-refractivity contribution in [2.24, 2.45) is 35.5 Å². The number of carbonyl (C=O) groups excluding carboxylic acids is 2. The highest BCUT2D eigenvalue weighted by Crippen LogP contribution is 2.52. The molecule has 0 aromatic carbocycles. The van der Waals surface area contributed by atoms with Crippen molar-refractivity contribution in [3.8, 4) is 0 Å². The first-order valence-electron chi connectivity index (χ1n) is 9.83. The van der Waals surface area contributed by atoms with Crippen LogP contribution < -0.4 is 0 Å². The summed E-state index contributed by atoms with van der Waals surface area (Å²) in [6.07, 6.45) is 3.06. The third kappa shape index (κ3) is 5.17. The number of likely N-dealkylation sites (N-methyl/N-ethyl adjacent to an activating group) is 2. The van der Waals surface area contributed by atoms with Crippen molar-refractivity contribution in [3.63, 3.8) is 0 Å². The van der Waals surface area contributed by atoms with Crippen LogP contribution in [0.1, 0.15) is 0 Å². The van der Waals surface area contributed by atoms with Gasteiger partial charge in [0.15, 0.2) is 0 Å². The Kier molecular flexibility index (Phi) is 7.96. The molecule has 0 amide bonds. The molecule has 0 heterocycles. The van der Waals surface area contributed by atoms with Crippen molar-refractivity contribution in [1.29, 1.82) is 0 Å². The Bertz CT molecular complexity index is 647. The molecule has 2 bridgehead atoms. The van der Waals surface area contributed by atoms with Crippen LogP contribution >= 0.6 is 0 Å². The SMILES string of the molecule is CN(C)CCOC(=O)[C@@H]1[C@H]2C=C[C@@H]([C@@H]1C(=O)O)[C@H](C(=O)OCCN(C)C)[C@H]2C(=O)O. The second-order valence-electron chi connectivity index (χ2n) is 8.26. The van der Waals surface area contributed by atoms with Crippen LogP contribution in [0, 0.1) is 35.5 Å². The number of hydrogen-bond donors (Lipinski definition) is 2. The summed E-state index contributed by atoms with van der Waals surface area (Å²) < 4.78 is 10.5. The molecule has 6 atom stereocenters. The number of rotatable bonds is 10. The van der Waals surface area contributed by atoms with E-state index in [0.717, 1.165) is 0 Å². The normalized spacial score (nSPS) is 29.8. The van der Waals surface area contributed by atoms with E-state index >= 15 is 0 Å². The summed E-state index contributed by atoms with van der Waals surface area (Å²) in [6.45, 7) is 1.01. The predicted molar refractivity (Wildman–Crippen MR) is 104 cm³/mol. The van der Waals surface area contributed by atoms with Crippen molar-refractivity contribution in [2.75, 3.05) is 54.5 Å². The van der Waals surface area contributed by atoms with Crippen molar-refractivity contribution in [1.82, 2.24) is 9.80 Å². The second kappa shape index (κ2) is 10.0. The lowest BCUT2D eigenvalue weighted by atomic mass is 9.53. The zero-order valence-electron chi connectivity index (χ0n) is 17.7. The summed E-state index contributed by atoms with van der Waals surface area (Å²) in [5.41, 5.74) is 0. The quantitative estimate of drug-likeness (QED) is 0.352. The molecule has 3 aliphatic rings. The maximum absolute atomic E-state index is 12.7. The summed E-state index contributed by atoms with van der Waals surface area (Å²) in [6, 6.07) is 0. The van der Waals surface area contributed by atoms with E-state index in [4.69, 9.17) is 9.47 Å². The molecule has 0 spiro atoms. The second-order valence-corrected chi connectivity index (χ2v) is 8.26. The molecule has 0 aromatic heterocycles. The largest absolute Gasteiger partial charge is 0.481 e. The molecule has 1 fully saturated rings. The molecule has 0 aromatic rings. The zero-order valence-corrected chi connectivity index (χ0v) is 17.7. The van der Waals surface area contributed by atoms with Gasteiger partial charge in [0, 0.05) is 24.9 Å². The van der Waals surface area contributed by atoms with Gasteiger partial charge in [-0.15, -0.1) is 0 Å². The van der Waals surface area contributed by atoms with E-state index in [1.54, 1.807) is 38.0 Å². The Morgan fingerprint density at radius 1 is 0.700 bits per heavy atom. The number of ether oxygens (including phenoxy) is 2. The van der Waals surface area contributed by atoms with Crippen LogP contribution in [-0.4, -0.2) is 98.4 Å². The van der Waals surface area contributed by atoms with Crippen LogP contribution in [-0.2, 0) is 28.7 Å². The van der Waals surface area contributed by atoms with Gasteiger partial charge in [0.2, 0.25) is 0 Å². The molecule has 1 saturated carbocycles. The first kappa shape index (κ1) is 23.8. The highest BCUT2D eigenvalue weighted by Gasteiger charge is 2.61. The summed E-state index contributed by atoms with van der Waals surface area (Å²) in [5.74, 6) is -10.8. The molecule has 3 rings (SSSR count). The Morgan fingerprint density at radius 3 is 1.30 bits per heavy atom. The highest BCUT2D eigenvalue weighted by molar-refractivity contribution is 5.89. The van der Waals surface area contributed by atoms with Gasteiger partial charge >= 0.3 is 23.9 Å². The highest BCUT2D eigenvalue weighted by atomic mass is 16.5. The molecule has 0 aliphatic heterocycles. The molecule has 3 aliphatic carbocycles. The fourth-order valence-electron chi connectivity index (χ4n) is 4.23. The minimum atomic E-state index is -1.26. The standard InChI is InChI=1S/C20H30N2O8/c1-21(2)7-9-29-19(27)15-11-5-6-12(13(15)17(23)24)16(14(11)18(25)26)20(28)30-10-8-22(3)4/h5-6,11-16H,7-10H2,1-4H3,(H,23,24)(H,25,26)/t11-,12-,13-,14-,15-,16+/m0/s1. The monoisotopic (exact) mass is 426 g/mol. The number of esters is 2. The van der Waals surface area contributed by atoms with Gasteiger partial charge in [-0.25, -0.2) is 0 Å². The molecular weight excluding hydrogens is 396 g/mol. The van der Waals surface area contributed by atoms with Crippen molar-refractivity contribution in [2.45, 2.75) is 0 Å². The van der Waals surface area contributed by atoms with Gasteiger partial charge in [0.05, 0.1) is 23.7 Å². The molecule has 0 saturated heterocycles. The van der Waals surface area contributed by atoms with Gasteiger partial charge in [-0.1, -0.05) is 12.2 Å². The van der Waals surface area contributed by atoms with E-state index in [0.29, 0.717) is 13.1 Å². The van der Waals surface area contributed by atoms with Gasteiger partial charge in [0.1, 0.15) is 13.2 Å². The molecular formula is C20H30N2O8. The van der Waals surface area contributed by atoms with Crippen LogP contribution in [0.4, 0.5) is 0 Å². The van der Waals surface area contributed by atoms with Gasteiger partial charge < -0.3 is 29.5 Å². The number of fused-ring (bicyclic) bond motifs is 2. The van der Waals surface area contributed by atoms with Gasteiger partial charge in [-0.2, -0.15) is 0 Å². The lowest BCUT2D eigenvalue weighted by molar-refractivity contribution is -0.182. The predicted octanol–water partition coefficient (Wildman–Crippen LogP) is -0.354. The van der Waals surface area contributed by atoms with Crippen LogP contribution in [0.5, 0.6) is 0 Å². The number of aliphatic carboxylic acids is 2. The minimum absolute atomic E-state index is 0.0590.